The molecule has 5 aromatic rings. The van der Waals surface area contributed by atoms with Gasteiger partial charge in [0.1, 0.15) is 11.4 Å². The van der Waals surface area contributed by atoms with Crippen LogP contribution in [-0.2, 0) is 6.54 Å². The van der Waals surface area contributed by atoms with Gasteiger partial charge in [0.15, 0.2) is 10.8 Å². The molecule has 8 nitrogen and oxygen atoms in total. The fourth-order valence-corrected chi connectivity index (χ4v) is 6.76. The van der Waals surface area contributed by atoms with Gasteiger partial charge < -0.3 is 16.4 Å². The number of anilines is 1. The van der Waals surface area contributed by atoms with Crippen molar-refractivity contribution in [2.45, 2.75) is 45.1 Å². The molecule has 10 heteroatoms. The molecule has 1 fully saturated rings. The lowest BCUT2D eigenvalue weighted by atomic mass is 10.0. The number of amides is 2. The van der Waals surface area contributed by atoms with Gasteiger partial charge in [-0.05, 0) is 60.0 Å². The second-order valence-corrected chi connectivity index (χ2v) is 11.9. The summed E-state index contributed by atoms with van der Waals surface area (Å²) in [5, 5.41) is 10.7. The maximum absolute atomic E-state index is 13.6. The minimum absolute atomic E-state index is 0.164. The lowest BCUT2D eigenvalue weighted by Gasteiger charge is -2.15. The van der Waals surface area contributed by atoms with Crippen LogP contribution in [0.3, 0.4) is 0 Å². The van der Waals surface area contributed by atoms with E-state index in [4.69, 9.17) is 10.7 Å². The summed E-state index contributed by atoms with van der Waals surface area (Å²) in [6.07, 6.45) is 9.11. The molecule has 4 aromatic heterocycles. The topological polar surface area (TPSA) is 114 Å². The van der Waals surface area contributed by atoms with Crippen molar-refractivity contribution in [3.63, 3.8) is 0 Å². The summed E-state index contributed by atoms with van der Waals surface area (Å²) in [5.74, 6) is 0.0848. The fourth-order valence-electron chi connectivity index (χ4n) is 5.33. The van der Waals surface area contributed by atoms with E-state index in [1.165, 1.54) is 37.0 Å². The van der Waals surface area contributed by atoms with E-state index in [0.29, 0.717) is 46.7 Å². The van der Waals surface area contributed by atoms with Crippen molar-refractivity contribution in [2.24, 2.45) is 5.92 Å². The van der Waals surface area contributed by atoms with Crippen molar-refractivity contribution >= 4 is 55.5 Å². The van der Waals surface area contributed by atoms with E-state index in [0.717, 1.165) is 34.2 Å². The third-order valence-electron chi connectivity index (χ3n) is 7.35. The highest BCUT2D eigenvalue weighted by molar-refractivity contribution is 7.22. The third-order valence-corrected chi connectivity index (χ3v) is 8.88. The van der Waals surface area contributed by atoms with Crippen molar-refractivity contribution < 1.29 is 9.59 Å². The summed E-state index contributed by atoms with van der Waals surface area (Å²) < 4.78 is 2.73. The first kappa shape index (κ1) is 25.5. The third kappa shape index (κ3) is 5.39. The summed E-state index contributed by atoms with van der Waals surface area (Å²) >= 11 is 2.97. The molecular weight excluding hydrogens is 528 g/mol. The van der Waals surface area contributed by atoms with Crippen LogP contribution in [0, 0.1) is 5.92 Å². The van der Waals surface area contributed by atoms with E-state index in [-0.39, 0.29) is 11.8 Å². The molecule has 1 aromatic carbocycles. The number of nitrogens with zero attached hydrogens (tertiary/aromatic N) is 3. The number of aromatic nitrogens is 3. The van der Waals surface area contributed by atoms with Gasteiger partial charge in [-0.15, -0.1) is 0 Å². The Morgan fingerprint density at radius 2 is 1.87 bits per heavy atom. The standard InChI is InChI=1S/C29H30N6O2S2/c30-29-33-22-10-9-19(14-23(22)39-29)16-31-27(36)21-8-5-12-35-25(24(34-26(21)35)20-11-13-38-17-20)28(37)32-15-18-6-3-1-2-4-7-18/h5,8-14,17-18H,1-4,6-7,15-16H2,(H2,30,33)(H,31,36)(H,32,37). The molecule has 0 spiro atoms. The Bertz CT molecular complexity index is 1630. The molecule has 0 saturated heterocycles. The van der Waals surface area contributed by atoms with Gasteiger partial charge in [0.25, 0.3) is 11.8 Å². The van der Waals surface area contributed by atoms with Crippen molar-refractivity contribution in [1.29, 1.82) is 0 Å². The lowest BCUT2D eigenvalue weighted by Crippen LogP contribution is -2.30. The minimum Gasteiger partial charge on any atom is -0.375 e. The van der Waals surface area contributed by atoms with Gasteiger partial charge in [-0.25, -0.2) is 9.97 Å². The van der Waals surface area contributed by atoms with E-state index in [9.17, 15) is 9.59 Å². The maximum Gasteiger partial charge on any atom is 0.270 e. The van der Waals surface area contributed by atoms with Gasteiger partial charge in [0.2, 0.25) is 0 Å². The average molecular weight is 559 g/mol. The van der Waals surface area contributed by atoms with Gasteiger partial charge in [-0.1, -0.05) is 43.1 Å². The van der Waals surface area contributed by atoms with Crippen molar-refractivity contribution in [1.82, 2.24) is 25.0 Å². The summed E-state index contributed by atoms with van der Waals surface area (Å²) in [7, 11) is 0. The highest BCUT2D eigenvalue weighted by Crippen LogP contribution is 2.29. The van der Waals surface area contributed by atoms with E-state index >= 15 is 0 Å². The Labute approximate surface area is 234 Å². The van der Waals surface area contributed by atoms with Crippen LogP contribution >= 0.6 is 22.7 Å². The van der Waals surface area contributed by atoms with Crippen molar-refractivity contribution in [3.05, 3.63) is 70.2 Å². The summed E-state index contributed by atoms with van der Waals surface area (Å²) in [6.45, 7) is 1.01. The van der Waals surface area contributed by atoms with Crippen LogP contribution in [-0.4, -0.2) is 32.7 Å². The molecule has 1 aliphatic rings. The van der Waals surface area contributed by atoms with E-state index < -0.39 is 0 Å². The Morgan fingerprint density at radius 1 is 1.03 bits per heavy atom. The number of hydrogen-bond donors (Lipinski definition) is 3. The molecule has 2 amide bonds. The largest absolute Gasteiger partial charge is 0.375 e. The molecule has 200 valence electrons. The molecule has 4 N–H and O–H groups in total. The second-order valence-electron chi connectivity index (χ2n) is 10.0. The number of thiazole rings is 1. The molecule has 0 bridgehead atoms. The number of nitrogens with one attached hydrogen (secondary N) is 2. The Hall–Kier alpha value is -3.76. The van der Waals surface area contributed by atoms with Crippen molar-refractivity contribution in [2.75, 3.05) is 12.3 Å². The predicted octanol–water partition coefficient (Wildman–Crippen LogP) is 5.88. The lowest BCUT2D eigenvalue weighted by molar-refractivity contribution is 0.0934. The number of rotatable bonds is 7. The minimum atomic E-state index is -0.253. The molecule has 1 saturated carbocycles. The summed E-state index contributed by atoms with van der Waals surface area (Å²) in [4.78, 5) is 36.1. The molecule has 0 radical (unpaired) electrons. The molecular formula is C29H30N6O2S2. The number of benzene rings is 1. The number of hydrogen-bond acceptors (Lipinski definition) is 7. The Kier molecular flexibility index (Phi) is 7.30. The fraction of sp³-hybridized carbons (Fsp3) is 0.310. The first-order valence-corrected chi connectivity index (χ1v) is 15.1. The molecule has 6 rings (SSSR count). The number of carbonyl (C=O) groups is 2. The number of nitrogens with two attached hydrogens (primary N) is 1. The zero-order chi connectivity index (χ0) is 26.8. The van der Waals surface area contributed by atoms with Crippen LogP contribution in [0.4, 0.5) is 5.13 Å². The molecule has 0 unspecified atom stereocenters. The van der Waals surface area contributed by atoms with Crippen LogP contribution in [0.5, 0.6) is 0 Å². The van der Waals surface area contributed by atoms with Gasteiger partial charge >= 0.3 is 0 Å². The van der Waals surface area contributed by atoms with Crippen LogP contribution < -0.4 is 16.4 Å². The maximum atomic E-state index is 13.6. The summed E-state index contributed by atoms with van der Waals surface area (Å²) in [5.41, 5.74) is 10.4. The number of pyridine rings is 1. The molecule has 39 heavy (non-hydrogen) atoms. The first-order valence-electron chi connectivity index (χ1n) is 13.3. The monoisotopic (exact) mass is 558 g/mol. The molecule has 1 aliphatic carbocycles. The van der Waals surface area contributed by atoms with Gasteiger partial charge in [-0.3, -0.25) is 14.0 Å². The second kappa shape index (κ2) is 11.2. The predicted molar refractivity (Wildman–Crippen MR) is 157 cm³/mol. The highest BCUT2D eigenvalue weighted by Gasteiger charge is 2.25. The average Bonchev–Trinajstić information content (AvgIpc) is 3.64. The number of nitrogen functional groups attached to an aromatic ring is 1. The molecule has 4 heterocycles. The van der Waals surface area contributed by atoms with E-state index in [1.54, 1.807) is 34.1 Å². The van der Waals surface area contributed by atoms with Crippen LogP contribution in [0.25, 0.3) is 27.1 Å². The van der Waals surface area contributed by atoms with Gasteiger partial charge in [-0.2, -0.15) is 11.3 Å². The zero-order valence-corrected chi connectivity index (χ0v) is 23.1. The number of carbonyl (C=O) groups excluding carboxylic acids is 2. The van der Waals surface area contributed by atoms with Gasteiger partial charge in [0, 0.05) is 30.2 Å². The number of fused-ring (bicyclic) bond motifs is 2. The Morgan fingerprint density at radius 3 is 2.67 bits per heavy atom. The molecule has 0 aliphatic heterocycles. The van der Waals surface area contributed by atoms with Crippen molar-refractivity contribution in [3.8, 4) is 11.3 Å². The van der Waals surface area contributed by atoms with Crippen LogP contribution in [0.15, 0.2) is 53.4 Å². The smallest absolute Gasteiger partial charge is 0.270 e. The van der Waals surface area contributed by atoms with Crippen LogP contribution in [0.2, 0.25) is 0 Å². The normalized spacial score (nSPS) is 14.5. The molecule has 0 atom stereocenters. The SMILES string of the molecule is Nc1nc2ccc(CNC(=O)c3cccn4c(C(=O)NCC5CCCCCC5)c(-c5ccsc5)nc34)cc2s1. The Balaban J connectivity index is 1.27. The summed E-state index contributed by atoms with van der Waals surface area (Å²) in [6, 6.07) is 11.3. The highest BCUT2D eigenvalue weighted by atomic mass is 32.1. The quantitative estimate of drug-likeness (QED) is 0.216. The number of thiophene rings is 1. The van der Waals surface area contributed by atoms with Crippen LogP contribution in [0.1, 0.15) is 64.9 Å². The van der Waals surface area contributed by atoms with Gasteiger partial charge in [0.05, 0.1) is 15.8 Å². The van der Waals surface area contributed by atoms with E-state index in [2.05, 4.69) is 15.6 Å². The zero-order valence-electron chi connectivity index (χ0n) is 21.5. The first-order chi connectivity index (χ1) is 19.1. The van der Waals surface area contributed by atoms with E-state index in [1.807, 2.05) is 35.0 Å². The number of imidazole rings is 1.